The van der Waals surface area contributed by atoms with Crippen LogP contribution in [0.15, 0.2) is 24.3 Å². The van der Waals surface area contributed by atoms with Crippen molar-refractivity contribution in [3.8, 4) is 0 Å². The molecule has 3 unspecified atom stereocenters. The largest absolute Gasteiger partial charge is 0.465 e. The van der Waals surface area contributed by atoms with Gasteiger partial charge < -0.3 is 10.1 Å². The molecule has 0 amide bonds. The molecule has 2 rings (SSSR count). The molecular weight excluding hydrogens is 238 g/mol. The van der Waals surface area contributed by atoms with Crippen LogP contribution in [0.5, 0.6) is 0 Å². The third-order valence-electron chi connectivity index (χ3n) is 4.13. The maximum absolute atomic E-state index is 11.8. The number of benzene rings is 1. The van der Waals surface area contributed by atoms with Crippen LogP contribution in [-0.2, 0) is 4.74 Å². The van der Waals surface area contributed by atoms with Gasteiger partial charge in [-0.05, 0) is 36.8 Å². The molecule has 0 radical (unpaired) electrons. The minimum Gasteiger partial charge on any atom is -0.465 e. The monoisotopic (exact) mass is 261 g/mol. The molecule has 1 fully saturated rings. The molecule has 1 saturated carbocycles. The van der Waals surface area contributed by atoms with Crippen molar-refractivity contribution in [2.75, 3.05) is 12.4 Å². The van der Waals surface area contributed by atoms with Crippen molar-refractivity contribution in [1.82, 2.24) is 0 Å². The molecular formula is C16H23NO2. The lowest BCUT2D eigenvalue weighted by Gasteiger charge is -2.34. The number of esters is 1. The van der Waals surface area contributed by atoms with Crippen molar-refractivity contribution in [3.63, 3.8) is 0 Å². The third kappa shape index (κ3) is 3.28. The number of hydrogen-bond donors (Lipinski definition) is 1. The Hall–Kier alpha value is -1.51. The molecule has 1 N–H and O–H groups in total. The summed E-state index contributed by atoms with van der Waals surface area (Å²) in [5, 5.41) is 3.54. The molecule has 1 aromatic carbocycles. The minimum absolute atomic E-state index is 0.278. The number of ether oxygens (including phenoxy) is 1. The van der Waals surface area contributed by atoms with Gasteiger partial charge in [0.25, 0.3) is 0 Å². The molecule has 1 aliphatic carbocycles. The topological polar surface area (TPSA) is 38.3 Å². The fraction of sp³-hybridized carbons (Fsp3) is 0.562. The molecule has 3 atom stereocenters. The quantitative estimate of drug-likeness (QED) is 0.843. The van der Waals surface area contributed by atoms with Gasteiger partial charge in [0.05, 0.1) is 12.7 Å². The lowest BCUT2D eigenvalue weighted by atomic mass is 9.80. The summed E-state index contributed by atoms with van der Waals surface area (Å²) in [5.74, 6) is 1.11. The van der Waals surface area contributed by atoms with E-state index in [1.807, 2.05) is 24.3 Å². The van der Waals surface area contributed by atoms with E-state index in [9.17, 15) is 4.79 Å². The van der Waals surface area contributed by atoms with Crippen LogP contribution >= 0.6 is 0 Å². The van der Waals surface area contributed by atoms with Gasteiger partial charge in [0.15, 0.2) is 0 Å². The van der Waals surface area contributed by atoms with E-state index in [0.29, 0.717) is 17.5 Å². The Balaban J connectivity index is 2.16. The number of carbonyl (C=O) groups is 1. The maximum Gasteiger partial charge on any atom is 0.339 e. The molecule has 1 aliphatic rings. The van der Waals surface area contributed by atoms with Crippen molar-refractivity contribution >= 4 is 11.7 Å². The second kappa shape index (κ2) is 6.09. The molecule has 0 aromatic heterocycles. The van der Waals surface area contributed by atoms with Gasteiger partial charge in [-0.25, -0.2) is 4.79 Å². The molecule has 0 bridgehead atoms. The van der Waals surface area contributed by atoms with Crippen LogP contribution < -0.4 is 5.32 Å². The summed E-state index contributed by atoms with van der Waals surface area (Å²) in [6.45, 7) is 4.58. The highest BCUT2D eigenvalue weighted by molar-refractivity contribution is 5.95. The van der Waals surface area contributed by atoms with Gasteiger partial charge in [-0.1, -0.05) is 32.4 Å². The Bertz CT molecular complexity index is 444. The fourth-order valence-electron chi connectivity index (χ4n) is 2.83. The van der Waals surface area contributed by atoms with E-state index >= 15 is 0 Å². The third-order valence-corrected chi connectivity index (χ3v) is 4.13. The van der Waals surface area contributed by atoms with Crippen LogP contribution in [0, 0.1) is 11.8 Å². The normalized spacial score (nSPS) is 26.8. The number of anilines is 1. The van der Waals surface area contributed by atoms with Crippen LogP contribution in [0.25, 0.3) is 0 Å². The summed E-state index contributed by atoms with van der Waals surface area (Å²) in [4.78, 5) is 11.8. The zero-order valence-electron chi connectivity index (χ0n) is 12.0. The van der Waals surface area contributed by atoms with E-state index in [0.717, 1.165) is 18.0 Å². The molecule has 19 heavy (non-hydrogen) atoms. The molecule has 0 saturated heterocycles. The van der Waals surface area contributed by atoms with Crippen LogP contribution in [0.4, 0.5) is 5.69 Å². The Morgan fingerprint density at radius 1 is 1.26 bits per heavy atom. The highest BCUT2D eigenvalue weighted by Gasteiger charge is 2.26. The van der Waals surface area contributed by atoms with E-state index in [4.69, 9.17) is 4.74 Å². The smallest absolute Gasteiger partial charge is 0.339 e. The van der Waals surface area contributed by atoms with Crippen molar-refractivity contribution in [3.05, 3.63) is 29.8 Å². The van der Waals surface area contributed by atoms with Gasteiger partial charge >= 0.3 is 5.97 Å². The lowest BCUT2D eigenvalue weighted by Crippen LogP contribution is -2.34. The van der Waals surface area contributed by atoms with Crippen LogP contribution in [0.2, 0.25) is 0 Å². The van der Waals surface area contributed by atoms with Gasteiger partial charge in [-0.2, -0.15) is 0 Å². The van der Waals surface area contributed by atoms with Crippen molar-refractivity contribution in [2.45, 2.75) is 39.2 Å². The van der Waals surface area contributed by atoms with Gasteiger partial charge in [-0.15, -0.1) is 0 Å². The van der Waals surface area contributed by atoms with E-state index in [1.54, 1.807) is 0 Å². The number of para-hydroxylation sites is 1. The molecule has 3 heteroatoms. The van der Waals surface area contributed by atoms with Gasteiger partial charge in [0.1, 0.15) is 0 Å². The van der Waals surface area contributed by atoms with Crippen molar-refractivity contribution in [2.24, 2.45) is 11.8 Å². The fourth-order valence-corrected chi connectivity index (χ4v) is 2.83. The Labute approximate surface area is 115 Å². The second-order valence-corrected chi connectivity index (χ2v) is 5.68. The molecule has 0 spiro atoms. The number of nitrogens with one attached hydrogen (secondary N) is 1. The van der Waals surface area contributed by atoms with E-state index in [2.05, 4.69) is 19.2 Å². The van der Waals surface area contributed by atoms with Crippen LogP contribution in [-0.4, -0.2) is 19.1 Å². The van der Waals surface area contributed by atoms with Gasteiger partial charge in [0.2, 0.25) is 0 Å². The summed E-state index contributed by atoms with van der Waals surface area (Å²) < 4.78 is 4.84. The maximum atomic E-state index is 11.8. The predicted octanol–water partition coefficient (Wildman–Crippen LogP) is 3.71. The predicted molar refractivity (Wildman–Crippen MR) is 77.4 cm³/mol. The molecule has 0 heterocycles. The van der Waals surface area contributed by atoms with Crippen LogP contribution in [0.1, 0.15) is 43.5 Å². The number of hydrogen-bond acceptors (Lipinski definition) is 3. The SMILES string of the molecule is COC(=O)c1ccccc1NC1CC(C)CCC1C. The zero-order valence-corrected chi connectivity index (χ0v) is 12.0. The standard InChI is InChI=1S/C16H23NO2/c1-11-8-9-12(2)15(10-11)17-14-7-5-4-6-13(14)16(18)19-3/h4-7,11-12,15,17H,8-10H2,1-3H3. The molecule has 1 aromatic rings. The summed E-state index contributed by atoms with van der Waals surface area (Å²) in [5.41, 5.74) is 1.51. The van der Waals surface area contributed by atoms with E-state index < -0.39 is 0 Å². The van der Waals surface area contributed by atoms with Gasteiger partial charge in [0, 0.05) is 11.7 Å². The van der Waals surface area contributed by atoms with Gasteiger partial charge in [-0.3, -0.25) is 0 Å². The Morgan fingerprint density at radius 2 is 2.00 bits per heavy atom. The number of rotatable bonds is 3. The molecule has 104 valence electrons. The first kappa shape index (κ1) is 13.9. The first-order valence-electron chi connectivity index (χ1n) is 7.05. The average Bonchev–Trinajstić information content (AvgIpc) is 2.42. The average molecular weight is 261 g/mol. The number of carbonyl (C=O) groups excluding carboxylic acids is 1. The highest BCUT2D eigenvalue weighted by atomic mass is 16.5. The first-order chi connectivity index (χ1) is 9.11. The molecule has 0 aliphatic heterocycles. The zero-order chi connectivity index (χ0) is 13.8. The summed E-state index contributed by atoms with van der Waals surface area (Å²) >= 11 is 0. The Kier molecular flexibility index (Phi) is 4.46. The van der Waals surface area contributed by atoms with Crippen molar-refractivity contribution in [1.29, 1.82) is 0 Å². The summed E-state index contributed by atoms with van der Waals surface area (Å²) in [6, 6.07) is 8.02. The lowest BCUT2D eigenvalue weighted by molar-refractivity contribution is 0.0601. The van der Waals surface area contributed by atoms with E-state index in [1.165, 1.54) is 20.0 Å². The summed E-state index contributed by atoms with van der Waals surface area (Å²) in [7, 11) is 1.42. The van der Waals surface area contributed by atoms with Crippen LogP contribution in [0.3, 0.4) is 0 Å². The highest BCUT2D eigenvalue weighted by Crippen LogP contribution is 2.31. The van der Waals surface area contributed by atoms with E-state index in [-0.39, 0.29) is 5.97 Å². The number of methoxy groups -OCH3 is 1. The molecule has 3 nitrogen and oxygen atoms in total. The summed E-state index contributed by atoms with van der Waals surface area (Å²) in [6.07, 6.45) is 3.72. The minimum atomic E-state index is -0.278. The van der Waals surface area contributed by atoms with Crippen molar-refractivity contribution < 1.29 is 9.53 Å². The first-order valence-corrected chi connectivity index (χ1v) is 7.05. The second-order valence-electron chi connectivity index (χ2n) is 5.68. The Morgan fingerprint density at radius 3 is 2.74 bits per heavy atom.